The van der Waals surface area contributed by atoms with Crippen molar-refractivity contribution in [2.24, 2.45) is 0 Å². The molecule has 2 atom stereocenters. The maximum absolute atomic E-state index is 12.6. The lowest BCUT2D eigenvalue weighted by Gasteiger charge is -2.18. The van der Waals surface area contributed by atoms with Crippen LogP contribution in [0.4, 0.5) is 18.9 Å². The predicted octanol–water partition coefficient (Wildman–Crippen LogP) is 5.40. The second-order valence-electron chi connectivity index (χ2n) is 6.51. The summed E-state index contributed by atoms with van der Waals surface area (Å²) in [7, 11) is 0. The van der Waals surface area contributed by atoms with Crippen molar-refractivity contribution in [1.82, 2.24) is 0 Å². The third-order valence-corrected chi connectivity index (χ3v) is 4.46. The number of hydrogen-bond acceptors (Lipinski definition) is 3. The van der Waals surface area contributed by atoms with Gasteiger partial charge in [0.25, 0.3) is 5.91 Å². The first-order valence-corrected chi connectivity index (χ1v) is 8.91. The minimum Gasteiger partial charge on any atom is -0.449 e. The highest BCUT2D eigenvalue weighted by atomic mass is 19.4. The van der Waals surface area contributed by atoms with E-state index in [4.69, 9.17) is 4.74 Å². The third-order valence-electron chi connectivity index (χ3n) is 4.46. The van der Waals surface area contributed by atoms with Crippen LogP contribution < -0.4 is 5.32 Å². The Hall–Kier alpha value is -2.83. The standard InChI is InChI=1S/C21H22F3NO3/c1-4-13(2)17-7-5-6-8-18(17)25-19(26)14(3)28-20(27)15-9-11-16(12-10-15)21(22,23)24/h5-14H,4H2,1-3H3,(H,25,26)/t13-,14-/m0/s1. The Morgan fingerprint density at radius 3 is 2.21 bits per heavy atom. The van der Waals surface area contributed by atoms with Crippen molar-refractivity contribution in [3.05, 3.63) is 65.2 Å². The zero-order valence-electron chi connectivity index (χ0n) is 15.8. The summed E-state index contributed by atoms with van der Waals surface area (Å²) in [6.45, 7) is 5.49. The average Bonchev–Trinajstić information content (AvgIpc) is 2.67. The first-order valence-electron chi connectivity index (χ1n) is 8.91. The lowest BCUT2D eigenvalue weighted by atomic mass is 9.97. The molecule has 0 aliphatic heterocycles. The van der Waals surface area contributed by atoms with Gasteiger partial charge in [-0.15, -0.1) is 0 Å². The Balaban J connectivity index is 2.04. The molecule has 7 heteroatoms. The number of rotatable bonds is 6. The molecule has 0 spiro atoms. The fourth-order valence-corrected chi connectivity index (χ4v) is 2.57. The first kappa shape index (κ1) is 21.5. The van der Waals surface area contributed by atoms with Crippen molar-refractivity contribution in [3.8, 4) is 0 Å². The molecule has 2 rings (SSSR count). The third kappa shape index (κ3) is 5.34. The second-order valence-corrected chi connectivity index (χ2v) is 6.51. The highest BCUT2D eigenvalue weighted by Crippen LogP contribution is 2.29. The van der Waals surface area contributed by atoms with Crippen LogP contribution in [0.1, 0.15) is 54.6 Å². The number of ether oxygens (including phenoxy) is 1. The van der Waals surface area contributed by atoms with E-state index in [0.29, 0.717) is 5.69 Å². The van der Waals surface area contributed by atoms with E-state index < -0.39 is 29.7 Å². The number of esters is 1. The van der Waals surface area contributed by atoms with Crippen molar-refractivity contribution in [3.63, 3.8) is 0 Å². The number of carbonyl (C=O) groups is 2. The Morgan fingerprint density at radius 2 is 1.64 bits per heavy atom. The van der Waals surface area contributed by atoms with Gasteiger partial charge in [-0.1, -0.05) is 32.0 Å². The molecule has 0 saturated heterocycles. The molecule has 0 unspecified atom stereocenters. The fraction of sp³-hybridized carbons (Fsp3) is 0.333. The van der Waals surface area contributed by atoms with Gasteiger partial charge in [-0.3, -0.25) is 4.79 Å². The molecule has 0 aromatic heterocycles. The van der Waals surface area contributed by atoms with Crippen molar-refractivity contribution in [1.29, 1.82) is 0 Å². The number of halogens is 3. The quantitative estimate of drug-likeness (QED) is 0.669. The van der Waals surface area contributed by atoms with Gasteiger partial charge in [0, 0.05) is 5.69 Å². The van der Waals surface area contributed by atoms with Gasteiger partial charge in [-0.05, 0) is 55.2 Å². The molecule has 0 aliphatic rings. The van der Waals surface area contributed by atoms with E-state index in [1.807, 2.05) is 26.0 Å². The van der Waals surface area contributed by atoms with E-state index in [9.17, 15) is 22.8 Å². The number of benzene rings is 2. The van der Waals surface area contributed by atoms with Gasteiger partial charge in [0.15, 0.2) is 6.10 Å². The van der Waals surface area contributed by atoms with Crippen molar-refractivity contribution in [2.75, 3.05) is 5.32 Å². The van der Waals surface area contributed by atoms with E-state index in [1.54, 1.807) is 12.1 Å². The smallest absolute Gasteiger partial charge is 0.416 e. The molecule has 0 aliphatic carbocycles. The zero-order chi connectivity index (χ0) is 20.9. The molecule has 0 heterocycles. The Bertz CT molecular complexity index is 832. The van der Waals surface area contributed by atoms with Crippen LogP contribution in [0.3, 0.4) is 0 Å². The van der Waals surface area contributed by atoms with Crippen LogP contribution in [0.5, 0.6) is 0 Å². The molecule has 0 fully saturated rings. The summed E-state index contributed by atoms with van der Waals surface area (Å²) in [6.07, 6.45) is -4.70. The minimum atomic E-state index is -4.49. The summed E-state index contributed by atoms with van der Waals surface area (Å²) in [6, 6.07) is 11.0. The lowest BCUT2D eigenvalue weighted by Crippen LogP contribution is -2.30. The summed E-state index contributed by atoms with van der Waals surface area (Å²) in [5.41, 5.74) is 0.683. The maximum atomic E-state index is 12.6. The lowest BCUT2D eigenvalue weighted by molar-refractivity contribution is -0.137. The Labute approximate surface area is 161 Å². The summed E-state index contributed by atoms with van der Waals surface area (Å²) in [4.78, 5) is 24.5. The Kier molecular flexibility index (Phi) is 6.83. The van der Waals surface area contributed by atoms with Gasteiger partial charge < -0.3 is 10.1 Å². The van der Waals surface area contributed by atoms with E-state index >= 15 is 0 Å². The highest BCUT2D eigenvalue weighted by Gasteiger charge is 2.30. The number of alkyl halides is 3. The van der Waals surface area contributed by atoms with Crippen molar-refractivity contribution < 1.29 is 27.5 Å². The molecule has 2 aromatic carbocycles. The normalized spacial score (nSPS) is 13.5. The van der Waals surface area contributed by atoms with E-state index in [1.165, 1.54) is 6.92 Å². The van der Waals surface area contributed by atoms with Gasteiger partial charge in [-0.25, -0.2) is 4.79 Å². The zero-order valence-corrected chi connectivity index (χ0v) is 15.8. The van der Waals surface area contributed by atoms with Gasteiger partial charge in [0.2, 0.25) is 0 Å². The number of carbonyl (C=O) groups excluding carboxylic acids is 2. The molecule has 150 valence electrons. The van der Waals surface area contributed by atoms with Crippen molar-refractivity contribution >= 4 is 17.6 Å². The molecule has 0 radical (unpaired) electrons. The molecular formula is C21H22F3NO3. The summed E-state index contributed by atoms with van der Waals surface area (Å²) < 4.78 is 42.9. The molecule has 0 saturated carbocycles. The van der Waals surface area contributed by atoms with Crippen LogP contribution in [0, 0.1) is 0 Å². The molecule has 1 N–H and O–H groups in total. The molecule has 0 bridgehead atoms. The van der Waals surface area contributed by atoms with Gasteiger partial charge >= 0.3 is 12.1 Å². The van der Waals surface area contributed by atoms with Crippen LogP contribution in [0.15, 0.2) is 48.5 Å². The van der Waals surface area contributed by atoms with Gasteiger partial charge in [0.05, 0.1) is 11.1 Å². The maximum Gasteiger partial charge on any atom is 0.416 e. The molecule has 2 aromatic rings. The van der Waals surface area contributed by atoms with Gasteiger partial charge in [-0.2, -0.15) is 13.2 Å². The Morgan fingerprint density at radius 1 is 1.04 bits per heavy atom. The van der Waals surface area contributed by atoms with Crippen LogP contribution in [-0.4, -0.2) is 18.0 Å². The number of hydrogen-bond donors (Lipinski definition) is 1. The average molecular weight is 393 g/mol. The SMILES string of the molecule is CC[C@H](C)c1ccccc1NC(=O)[C@H](C)OC(=O)c1ccc(C(F)(F)F)cc1. The van der Waals surface area contributed by atoms with Crippen LogP contribution in [-0.2, 0) is 15.7 Å². The molecular weight excluding hydrogens is 371 g/mol. The summed E-state index contributed by atoms with van der Waals surface area (Å²) in [5, 5.41) is 2.75. The van der Waals surface area contributed by atoms with Crippen LogP contribution >= 0.6 is 0 Å². The van der Waals surface area contributed by atoms with E-state index in [2.05, 4.69) is 5.32 Å². The molecule has 4 nitrogen and oxygen atoms in total. The molecule has 28 heavy (non-hydrogen) atoms. The monoisotopic (exact) mass is 393 g/mol. The number of amides is 1. The molecule has 1 amide bonds. The van der Waals surface area contributed by atoms with Gasteiger partial charge in [0.1, 0.15) is 0 Å². The summed E-state index contributed by atoms with van der Waals surface area (Å²) in [5.74, 6) is -1.15. The topological polar surface area (TPSA) is 55.4 Å². The van der Waals surface area contributed by atoms with Crippen molar-refractivity contribution in [2.45, 2.75) is 45.4 Å². The number of anilines is 1. The fourth-order valence-electron chi connectivity index (χ4n) is 2.57. The van der Waals surface area contributed by atoms with E-state index in [-0.39, 0.29) is 11.5 Å². The predicted molar refractivity (Wildman–Crippen MR) is 100 cm³/mol. The minimum absolute atomic E-state index is 0.0624. The number of nitrogens with one attached hydrogen (secondary N) is 1. The van der Waals surface area contributed by atoms with Crippen LogP contribution in [0.2, 0.25) is 0 Å². The van der Waals surface area contributed by atoms with Crippen LogP contribution in [0.25, 0.3) is 0 Å². The number of para-hydroxylation sites is 1. The second kappa shape index (κ2) is 8.91. The largest absolute Gasteiger partial charge is 0.449 e. The van der Waals surface area contributed by atoms with E-state index in [0.717, 1.165) is 36.2 Å². The summed E-state index contributed by atoms with van der Waals surface area (Å²) >= 11 is 0. The first-order chi connectivity index (χ1) is 13.1. The highest BCUT2D eigenvalue weighted by molar-refractivity contribution is 5.97.